The lowest BCUT2D eigenvalue weighted by Gasteiger charge is -2.13. The van der Waals surface area contributed by atoms with Crippen molar-refractivity contribution in [1.29, 1.82) is 0 Å². The van der Waals surface area contributed by atoms with Crippen LogP contribution < -0.4 is 19.9 Å². The quantitative estimate of drug-likeness (QED) is 0.402. The van der Waals surface area contributed by atoms with Crippen molar-refractivity contribution in [2.24, 2.45) is 0 Å². The summed E-state index contributed by atoms with van der Waals surface area (Å²) in [6, 6.07) is 13.0. The molecule has 0 unspecified atom stereocenters. The van der Waals surface area contributed by atoms with Crippen LogP contribution in [0.5, 0.6) is 28.7 Å². The van der Waals surface area contributed by atoms with Gasteiger partial charge in [0.2, 0.25) is 5.75 Å². The largest absolute Gasteiger partial charge is 0.493 e. The fraction of sp³-hybridized carbons (Fsp3) is 0.0556. The second kappa shape index (κ2) is 7.39. The van der Waals surface area contributed by atoms with Crippen LogP contribution in [0.15, 0.2) is 60.9 Å². The highest BCUT2D eigenvalue weighted by Gasteiger charge is 2.23. The van der Waals surface area contributed by atoms with Crippen molar-refractivity contribution < 1.29 is 19.1 Å². The van der Waals surface area contributed by atoms with Gasteiger partial charge in [0.1, 0.15) is 17.2 Å². The molecule has 3 rings (SSSR count). The standard InChI is InChI=1S/C18H15N3O5/c1-24-15-6-2-3-7-16(15)26-17-10-13(9-14(19)18(17)21(22)23)25-12-5-4-8-20-11-12/h2-11H,19H2,1H3. The van der Waals surface area contributed by atoms with E-state index in [2.05, 4.69) is 4.98 Å². The van der Waals surface area contributed by atoms with Crippen molar-refractivity contribution in [3.63, 3.8) is 0 Å². The summed E-state index contributed by atoms with van der Waals surface area (Å²) in [5.74, 6) is 1.43. The highest BCUT2D eigenvalue weighted by molar-refractivity contribution is 5.70. The van der Waals surface area contributed by atoms with Gasteiger partial charge < -0.3 is 19.9 Å². The number of benzene rings is 2. The predicted molar refractivity (Wildman–Crippen MR) is 94.9 cm³/mol. The molecule has 1 heterocycles. The number of nitrogen functional groups attached to an aromatic ring is 1. The summed E-state index contributed by atoms with van der Waals surface area (Å²) in [5, 5.41) is 11.4. The van der Waals surface area contributed by atoms with Crippen LogP contribution in [0.25, 0.3) is 0 Å². The molecule has 8 heteroatoms. The van der Waals surface area contributed by atoms with Crippen molar-refractivity contribution >= 4 is 11.4 Å². The van der Waals surface area contributed by atoms with E-state index in [0.717, 1.165) is 0 Å². The van der Waals surface area contributed by atoms with Crippen LogP contribution in [0.2, 0.25) is 0 Å². The average molecular weight is 353 g/mol. The Bertz CT molecular complexity index is 931. The third-order valence-electron chi connectivity index (χ3n) is 3.42. The number of anilines is 1. The summed E-state index contributed by atoms with van der Waals surface area (Å²) in [6.07, 6.45) is 3.12. The van der Waals surface area contributed by atoms with E-state index in [1.54, 1.807) is 42.6 Å². The second-order valence-electron chi connectivity index (χ2n) is 5.16. The summed E-state index contributed by atoms with van der Waals surface area (Å²) in [4.78, 5) is 14.8. The first-order chi connectivity index (χ1) is 12.6. The van der Waals surface area contributed by atoms with Crippen molar-refractivity contribution in [3.05, 3.63) is 71.0 Å². The van der Waals surface area contributed by atoms with Crippen LogP contribution in [0, 0.1) is 10.1 Å². The lowest BCUT2D eigenvalue weighted by atomic mass is 10.2. The number of methoxy groups -OCH3 is 1. The number of nitro benzene ring substituents is 1. The number of ether oxygens (including phenoxy) is 3. The zero-order valence-electron chi connectivity index (χ0n) is 13.8. The van der Waals surface area contributed by atoms with Crippen LogP contribution in [-0.2, 0) is 0 Å². The smallest absolute Gasteiger partial charge is 0.334 e. The van der Waals surface area contributed by atoms with Crippen molar-refractivity contribution in [2.45, 2.75) is 0 Å². The van der Waals surface area contributed by atoms with E-state index in [0.29, 0.717) is 17.2 Å². The molecule has 2 N–H and O–H groups in total. The summed E-state index contributed by atoms with van der Waals surface area (Å²) in [7, 11) is 1.48. The zero-order chi connectivity index (χ0) is 18.5. The number of aromatic nitrogens is 1. The van der Waals surface area contributed by atoms with E-state index >= 15 is 0 Å². The fourth-order valence-corrected chi connectivity index (χ4v) is 2.30. The van der Waals surface area contributed by atoms with Crippen molar-refractivity contribution in [1.82, 2.24) is 4.98 Å². The molecule has 2 aromatic carbocycles. The van der Waals surface area contributed by atoms with Gasteiger partial charge in [0.15, 0.2) is 11.5 Å². The molecule has 0 aliphatic heterocycles. The average Bonchev–Trinajstić information content (AvgIpc) is 2.62. The first-order valence-electron chi connectivity index (χ1n) is 7.55. The SMILES string of the molecule is COc1ccccc1Oc1cc(Oc2cccnc2)cc(N)c1[N+](=O)[O-]. The number of para-hydroxylation sites is 2. The minimum atomic E-state index is -0.603. The first kappa shape index (κ1) is 17.0. The van der Waals surface area contributed by atoms with Gasteiger partial charge in [-0.15, -0.1) is 0 Å². The molecular formula is C18H15N3O5. The molecule has 0 aliphatic carbocycles. The van der Waals surface area contributed by atoms with Crippen molar-refractivity contribution in [3.8, 4) is 28.7 Å². The van der Waals surface area contributed by atoms with Crippen LogP contribution in [-0.4, -0.2) is 17.0 Å². The predicted octanol–water partition coefficient (Wildman–Crippen LogP) is 4.17. The Balaban J connectivity index is 2.02. The second-order valence-corrected chi connectivity index (χ2v) is 5.16. The molecule has 0 amide bonds. The van der Waals surface area contributed by atoms with Gasteiger partial charge in [0.05, 0.1) is 18.2 Å². The molecule has 0 saturated carbocycles. The van der Waals surface area contributed by atoms with Gasteiger partial charge in [-0.05, 0) is 24.3 Å². The first-order valence-corrected chi connectivity index (χ1v) is 7.55. The molecule has 0 bridgehead atoms. The molecule has 0 aliphatic rings. The normalized spacial score (nSPS) is 10.2. The highest BCUT2D eigenvalue weighted by atomic mass is 16.6. The molecule has 0 atom stereocenters. The molecule has 0 radical (unpaired) electrons. The minimum absolute atomic E-state index is 0.0570. The van der Waals surface area contributed by atoms with Gasteiger partial charge in [-0.3, -0.25) is 15.1 Å². The third-order valence-corrected chi connectivity index (χ3v) is 3.42. The number of nitro groups is 1. The van der Waals surface area contributed by atoms with Gasteiger partial charge in [0, 0.05) is 18.3 Å². The topological polar surface area (TPSA) is 110 Å². The Morgan fingerprint density at radius 1 is 1.00 bits per heavy atom. The lowest BCUT2D eigenvalue weighted by Crippen LogP contribution is -2.00. The van der Waals surface area contributed by atoms with E-state index in [1.165, 1.54) is 25.4 Å². The fourth-order valence-electron chi connectivity index (χ4n) is 2.30. The molecule has 0 spiro atoms. The lowest BCUT2D eigenvalue weighted by molar-refractivity contribution is -0.384. The maximum atomic E-state index is 11.4. The maximum absolute atomic E-state index is 11.4. The number of nitrogens with zero attached hydrogens (tertiary/aromatic N) is 2. The van der Waals surface area contributed by atoms with Crippen LogP contribution in [0.1, 0.15) is 0 Å². The summed E-state index contributed by atoms with van der Waals surface area (Å²) in [6.45, 7) is 0. The molecule has 132 valence electrons. The van der Waals surface area contributed by atoms with Crippen LogP contribution in [0.3, 0.4) is 0 Å². The van der Waals surface area contributed by atoms with E-state index in [-0.39, 0.29) is 22.9 Å². The van der Waals surface area contributed by atoms with E-state index in [9.17, 15) is 10.1 Å². The number of pyridine rings is 1. The minimum Gasteiger partial charge on any atom is -0.493 e. The Morgan fingerprint density at radius 2 is 1.77 bits per heavy atom. The Kier molecular flexibility index (Phi) is 4.84. The molecule has 3 aromatic rings. The summed E-state index contributed by atoms with van der Waals surface area (Å²) in [5.41, 5.74) is 5.42. The third kappa shape index (κ3) is 3.64. The van der Waals surface area contributed by atoms with Crippen LogP contribution in [0.4, 0.5) is 11.4 Å². The zero-order valence-corrected chi connectivity index (χ0v) is 13.8. The summed E-state index contributed by atoms with van der Waals surface area (Å²) >= 11 is 0. The van der Waals surface area contributed by atoms with Gasteiger partial charge in [0.25, 0.3) is 0 Å². The molecule has 0 saturated heterocycles. The number of nitrogens with two attached hydrogens (primary N) is 1. The Morgan fingerprint density at radius 3 is 2.42 bits per heavy atom. The van der Waals surface area contributed by atoms with E-state index in [1.807, 2.05) is 0 Å². The van der Waals surface area contributed by atoms with Gasteiger partial charge in [-0.1, -0.05) is 12.1 Å². The van der Waals surface area contributed by atoms with Gasteiger partial charge in [-0.25, -0.2) is 0 Å². The monoisotopic (exact) mass is 353 g/mol. The Labute approximate surface area is 148 Å². The molecule has 1 aromatic heterocycles. The molecule has 26 heavy (non-hydrogen) atoms. The van der Waals surface area contributed by atoms with Crippen molar-refractivity contribution in [2.75, 3.05) is 12.8 Å². The highest BCUT2D eigenvalue weighted by Crippen LogP contribution is 2.42. The van der Waals surface area contributed by atoms with E-state index < -0.39 is 4.92 Å². The maximum Gasteiger partial charge on any atom is 0.334 e. The molecular weight excluding hydrogens is 338 g/mol. The summed E-state index contributed by atoms with van der Waals surface area (Å²) < 4.78 is 16.6. The van der Waals surface area contributed by atoms with Crippen LogP contribution >= 0.6 is 0 Å². The number of hydrogen-bond acceptors (Lipinski definition) is 7. The van der Waals surface area contributed by atoms with E-state index in [4.69, 9.17) is 19.9 Å². The Hall–Kier alpha value is -3.81. The van der Waals surface area contributed by atoms with Gasteiger partial charge >= 0.3 is 5.69 Å². The number of hydrogen-bond donors (Lipinski definition) is 1. The number of rotatable bonds is 6. The molecule has 8 nitrogen and oxygen atoms in total. The molecule has 0 fully saturated rings. The van der Waals surface area contributed by atoms with Gasteiger partial charge in [-0.2, -0.15) is 0 Å².